The number of thiazole rings is 1. The Morgan fingerprint density at radius 3 is 2.58 bits per heavy atom. The maximum Gasteiger partial charge on any atom is 0.319 e. The molecule has 134 valence electrons. The van der Waals surface area contributed by atoms with Gasteiger partial charge in [0.25, 0.3) is 5.91 Å². The van der Waals surface area contributed by atoms with Crippen molar-refractivity contribution in [3.05, 3.63) is 53.0 Å². The van der Waals surface area contributed by atoms with Gasteiger partial charge in [-0.05, 0) is 57.2 Å². The molecule has 0 aliphatic rings. The third kappa shape index (κ3) is 4.37. The fraction of sp³-hybridized carbons (Fsp3) is 0.211. The van der Waals surface area contributed by atoms with Gasteiger partial charge in [-0.3, -0.25) is 4.79 Å². The number of carbonyl (C=O) groups excluding carboxylic acids is 2. The van der Waals surface area contributed by atoms with E-state index >= 15 is 0 Å². The van der Waals surface area contributed by atoms with E-state index in [1.165, 1.54) is 0 Å². The van der Waals surface area contributed by atoms with Gasteiger partial charge in [-0.15, -0.1) is 11.3 Å². The first-order valence-electron chi connectivity index (χ1n) is 8.27. The molecule has 0 aliphatic carbocycles. The Morgan fingerprint density at radius 1 is 1.04 bits per heavy atom. The number of hydrogen-bond acceptors (Lipinski definition) is 4. The van der Waals surface area contributed by atoms with Crippen molar-refractivity contribution in [3.8, 4) is 0 Å². The number of hydrogen-bond donors (Lipinski definition) is 3. The Bertz CT molecular complexity index is 965. The summed E-state index contributed by atoms with van der Waals surface area (Å²) in [5.41, 5.74) is 2.66. The van der Waals surface area contributed by atoms with E-state index in [0.717, 1.165) is 15.2 Å². The summed E-state index contributed by atoms with van der Waals surface area (Å²) in [5, 5.41) is 9.34. The number of urea groups is 1. The molecule has 1 aromatic heterocycles. The summed E-state index contributed by atoms with van der Waals surface area (Å²) >= 11 is 1.59. The van der Waals surface area contributed by atoms with E-state index in [0.29, 0.717) is 16.9 Å². The summed E-state index contributed by atoms with van der Waals surface area (Å²) in [4.78, 5) is 28.7. The Hall–Kier alpha value is -2.93. The van der Waals surface area contributed by atoms with E-state index in [1.54, 1.807) is 35.6 Å². The molecular formula is C19H20N4O2S. The first-order valence-corrected chi connectivity index (χ1v) is 9.08. The smallest absolute Gasteiger partial charge is 0.319 e. The lowest BCUT2D eigenvalue weighted by Gasteiger charge is -2.11. The van der Waals surface area contributed by atoms with Gasteiger partial charge in [-0.25, -0.2) is 9.78 Å². The Balaban J connectivity index is 1.72. The molecule has 0 spiro atoms. The third-order valence-corrected chi connectivity index (χ3v) is 4.49. The van der Waals surface area contributed by atoms with Gasteiger partial charge in [-0.1, -0.05) is 6.07 Å². The molecule has 3 rings (SSSR count). The number of fused-ring (bicyclic) bond motifs is 1. The second-order valence-electron chi connectivity index (χ2n) is 6.20. The van der Waals surface area contributed by atoms with E-state index in [2.05, 4.69) is 20.9 Å². The summed E-state index contributed by atoms with van der Waals surface area (Å²) in [6.45, 7) is 5.71. The standard InChI is InChI=1S/C19H20N4O2S/c1-11(2)20-19(25)23-14-6-4-5-13(9-14)18(24)22-15-7-8-16-17(10-15)26-12(3)21-16/h4-11H,1-3H3,(H,22,24)(H2,20,23,25). The summed E-state index contributed by atoms with van der Waals surface area (Å²) in [6, 6.07) is 12.2. The van der Waals surface area contributed by atoms with Crippen LogP contribution in [0.15, 0.2) is 42.5 Å². The molecule has 0 radical (unpaired) electrons. The van der Waals surface area contributed by atoms with Crippen LogP contribution >= 0.6 is 11.3 Å². The van der Waals surface area contributed by atoms with Crippen LogP contribution in [0.25, 0.3) is 10.2 Å². The number of aromatic nitrogens is 1. The van der Waals surface area contributed by atoms with Crippen LogP contribution in [0.1, 0.15) is 29.2 Å². The van der Waals surface area contributed by atoms with Gasteiger partial charge in [0, 0.05) is 23.0 Å². The number of amides is 3. The van der Waals surface area contributed by atoms with Crippen LogP contribution < -0.4 is 16.0 Å². The van der Waals surface area contributed by atoms with Crippen molar-refractivity contribution in [2.75, 3.05) is 10.6 Å². The molecule has 0 aliphatic heterocycles. The molecule has 3 aromatic rings. The predicted molar refractivity (Wildman–Crippen MR) is 106 cm³/mol. The van der Waals surface area contributed by atoms with Crippen LogP contribution in [-0.2, 0) is 0 Å². The number of aryl methyl sites for hydroxylation is 1. The zero-order valence-electron chi connectivity index (χ0n) is 14.8. The molecule has 26 heavy (non-hydrogen) atoms. The molecule has 1 heterocycles. The molecule has 0 unspecified atom stereocenters. The van der Waals surface area contributed by atoms with Crippen LogP contribution in [0.2, 0.25) is 0 Å². The molecule has 0 bridgehead atoms. The first-order chi connectivity index (χ1) is 12.4. The topological polar surface area (TPSA) is 83.1 Å². The average molecular weight is 368 g/mol. The monoisotopic (exact) mass is 368 g/mol. The van der Waals surface area contributed by atoms with Gasteiger partial charge in [0.2, 0.25) is 0 Å². The zero-order chi connectivity index (χ0) is 18.7. The number of anilines is 2. The quantitative estimate of drug-likeness (QED) is 0.639. The molecule has 3 N–H and O–H groups in total. The van der Waals surface area contributed by atoms with Crippen molar-refractivity contribution in [1.82, 2.24) is 10.3 Å². The van der Waals surface area contributed by atoms with Crippen LogP contribution in [0.5, 0.6) is 0 Å². The maximum absolute atomic E-state index is 12.5. The second-order valence-corrected chi connectivity index (χ2v) is 7.44. The molecule has 0 saturated heterocycles. The minimum absolute atomic E-state index is 0.0341. The highest BCUT2D eigenvalue weighted by atomic mass is 32.1. The van der Waals surface area contributed by atoms with Crippen molar-refractivity contribution < 1.29 is 9.59 Å². The highest BCUT2D eigenvalue weighted by molar-refractivity contribution is 7.18. The van der Waals surface area contributed by atoms with Crippen molar-refractivity contribution in [1.29, 1.82) is 0 Å². The van der Waals surface area contributed by atoms with E-state index in [-0.39, 0.29) is 18.0 Å². The number of carbonyl (C=O) groups is 2. The molecule has 2 aromatic carbocycles. The van der Waals surface area contributed by atoms with E-state index < -0.39 is 0 Å². The van der Waals surface area contributed by atoms with Crippen LogP contribution in [0.4, 0.5) is 16.2 Å². The molecular weight excluding hydrogens is 348 g/mol. The largest absolute Gasteiger partial charge is 0.336 e. The van der Waals surface area contributed by atoms with Crippen molar-refractivity contribution in [2.45, 2.75) is 26.8 Å². The van der Waals surface area contributed by atoms with Gasteiger partial charge in [0.15, 0.2) is 0 Å². The van der Waals surface area contributed by atoms with Gasteiger partial charge in [0.1, 0.15) is 0 Å². The summed E-state index contributed by atoms with van der Waals surface area (Å²) in [5.74, 6) is -0.237. The molecule has 0 atom stereocenters. The third-order valence-electron chi connectivity index (χ3n) is 3.56. The number of benzene rings is 2. The van der Waals surface area contributed by atoms with Crippen molar-refractivity contribution in [2.24, 2.45) is 0 Å². The lowest BCUT2D eigenvalue weighted by Crippen LogP contribution is -2.34. The van der Waals surface area contributed by atoms with E-state index in [4.69, 9.17) is 0 Å². The molecule has 0 fully saturated rings. The van der Waals surface area contributed by atoms with Gasteiger partial charge >= 0.3 is 6.03 Å². The van der Waals surface area contributed by atoms with Gasteiger partial charge < -0.3 is 16.0 Å². The van der Waals surface area contributed by atoms with E-state index in [1.807, 2.05) is 39.0 Å². The van der Waals surface area contributed by atoms with Gasteiger partial charge in [-0.2, -0.15) is 0 Å². The molecule has 3 amide bonds. The fourth-order valence-electron chi connectivity index (χ4n) is 2.49. The van der Waals surface area contributed by atoms with Crippen LogP contribution in [-0.4, -0.2) is 23.0 Å². The summed E-state index contributed by atoms with van der Waals surface area (Å²) in [7, 11) is 0. The number of nitrogens with one attached hydrogen (secondary N) is 3. The number of nitrogens with zero attached hydrogens (tertiary/aromatic N) is 1. The van der Waals surface area contributed by atoms with Crippen LogP contribution in [0.3, 0.4) is 0 Å². The molecule has 6 nitrogen and oxygen atoms in total. The SMILES string of the molecule is Cc1nc2ccc(NC(=O)c3cccc(NC(=O)NC(C)C)c3)cc2s1. The van der Waals surface area contributed by atoms with Crippen molar-refractivity contribution >= 4 is 44.9 Å². The maximum atomic E-state index is 12.5. The summed E-state index contributed by atoms with van der Waals surface area (Å²) in [6.07, 6.45) is 0. The molecule has 7 heteroatoms. The Kier molecular flexibility index (Phi) is 5.18. The first kappa shape index (κ1) is 17.9. The zero-order valence-corrected chi connectivity index (χ0v) is 15.6. The lowest BCUT2D eigenvalue weighted by molar-refractivity contribution is 0.102. The second kappa shape index (κ2) is 7.53. The summed E-state index contributed by atoms with van der Waals surface area (Å²) < 4.78 is 1.03. The average Bonchev–Trinajstić information content (AvgIpc) is 2.93. The highest BCUT2D eigenvalue weighted by Crippen LogP contribution is 2.25. The Labute approximate surface area is 155 Å². The minimum atomic E-state index is -0.302. The van der Waals surface area contributed by atoms with Gasteiger partial charge in [0.05, 0.1) is 15.2 Å². The fourth-order valence-corrected chi connectivity index (χ4v) is 3.35. The van der Waals surface area contributed by atoms with Crippen molar-refractivity contribution in [3.63, 3.8) is 0 Å². The van der Waals surface area contributed by atoms with E-state index in [9.17, 15) is 9.59 Å². The number of rotatable bonds is 4. The highest BCUT2D eigenvalue weighted by Gasteiger charge is 2.10. The Morgan fingerprint density at radius 2 is 1.81 bits per heavy atom. The minimum Gasteiger partial charge on any atom is -0.336 e. The normalized spacial score (nSPS) is 10.8. The van der Waals surface area contributed by atoms with Crippen LogP contribution in [0, 0.1) is 6.92 Å². The lowest BCUT2D eigenvalue weighted by atomic mass is 10.2. The predicted octanol–water partition coefficient (Wildman–Crippen LogP) is 4.39. The molecule has 0 saturated carbocycles.